The van der Waals surface area contributed by atoms with Crippen LogP contribution in [0.1, 0.15) is 29.6 Å². The lowest BCUT2D eigenvalue weighted by atomic mass is 10.2. The van der Waals surface area contributed by atoms with E-state index in [9.17, 15) is 4.79 Å². The molecule has 0 aliphatic carbocycles. The minimum absolute atomic E-state index is 0.111. The molecular weight excluding hydrogens is 302 g/mol. The first-order chi connectivity index (χ1) is 8.15. The maximum absolute atomic E-state index is 11.7. The average molecular weight is 315 g/mol. The number of benzene rings is 1. The van der Waals surface area contributed by atoms with Crippen LogP contribution in [0.5, 0.6) is 0 Å². The van der Waals surface area contributed by atoms with Gasteiger partial charge in [0.2, 0.25) is 0 Å². The topological polar surface area (TPSA) is 29.1 Å². The zero-order valence-electron chi connectivity index (χ0n) is 9.30. The van der Waals surface area contributed by atoms with Gasteiger partial charge < -0.3 is 5.32 Å². The molecule has 1 N–H and O–H groups in total. The number of carbonyl (C=O) groups excluding carboxylic acids is 1. The number of unbranched alkanes of at least 4 members (excludes halogenated alkanes) is 2. The van der Waals surface area contributed by atoms with Crippen LogP contribution in [-0.4, -0.2) is 12.5 Å². The normalized spacial score (nSPS) is 9.71. The number of halogens is 2. The van der Waals surface area contributed by atoms with Crippen LogP contribution in [0.4, 0.5) is 0 Å². The molecule has 0 heterocycles. The van der Waals surface area contributed by atoms with Crippen molar-refractivity contribution in [3.05, 3.63) is 33.3 Å². The third kappa shape index (κ3) is 4.80. The van der Waals surface area contributed by atoms with Gasteiger partial charge in [-0.05, 0) is 47.0 Å². The van der Waals surface area contributed by atoms with Gasteiger partial charge in [-0.3, -0.25) is 4.79 Å². The number of carbonyl (C=O) groups is 1. The highest BCUT2D eigenvalue weighted by atomic mass is 79.9. The highest BCUT2D eigenvalue weighted by molar-refractivity contribution is 9.10. The smallest absolute Gasteiger partial charge is 0.251 e. The van der Waals surface area contributed by atoms with Gasteiger partial charge in [0.25, 0.3) is 5.91 Å². The van der Waals surface area contributed by atoms with Gasteiger partial charge in [0, 0.05) is 23.0 Å². The summed E-state index contributed by atoms with van der Waals surface area (Å²) >= 11 is 9.19. The molecule has 4 heteroatoms. The molecule has 1 aromatic rings. The van der Waals surface area contributed by atoms with Crippen LogP contribution < -0.4 is 5.32 Å². The van der Waals surface area contributed by atoms with Gasteiger partial charge in [-0.2, -0.15) is 0 Å². The number of rotatable bonds is 5. The van der Waals surface area contributed by atoms with Crippen LogP contribution in [0.2, 0.25) is 5.02 Å². The zero-order valence-corrected chi connectivity index (χ0v) is 11.6. The summed E-state index contributed by atoms with van der Waals surface area (Å²) in [7, 11) is 0. The fourth-order valence-electron chi connectivity index (χ4n) is 1.29. The van der Waals surface area contributed by atoms with Crippen molar-refractivity contribution in [2.24, 2.45) is 0 Å². The fourth-order valence-corrected chi connectivity index (χ4v) is 1.72. The first kappa shape index (κ1) is 14.1. The largest absolute Gasteiger partial charge is 0.352 e. The zero-order chi connectivity index (χ0) is 12.7. The molecule has 0 saturated carbocycles. The summed E-state index contributed by atoms with van der Waals surface area (Å²) in [5.74, 6) is 2.45. The van der Waals surface area contributed by atoms with Crippen molar-refractivity contribution in [3.63, 3.8) is 0 Å². The molecule has 1 amide bonds. The number of nitrogens with one attached hydrogen (secondary N) is 1. The van der Waals surface area contributed by atoms with Crippen molar-refractivity contribution in [3.8, 4) is 12.3 Å². The first-order valence-corrected chi connectivity index (χ1v) is 6.49. The van der Waals surface area contributed by atoms with E-state index in [1.54, 1.807) is 18.2 Å². The standard InChI is InChI=1S/C13H13BrClNO/c1-2-3-4-5-8-16-13(17)10-6-7-11(14)12(15)9-10/h1,6-7,9H,3-5,8H2,(H,16,17). The summed E-state index contributed by atoms with van der Waals surface area (Å²) < 4.78 is 0.782. The van der Waals surface area contributed by atoms with Gasteiger partial charge in [0.05, 0.1) is 5.02 Å². The monoisotopic (exact) mass is 313 g/mol. The second kappa shape index (κ2) is 7.37. The Morgan fingerprint density at radius 2 is 2.24 bits per heavy atom. The summed E-state index contributed by atoms with van der Waals surface area (Å²) in [6.07, 6.45) is 7.70. The molecule has 0 saturated heterocycles. The van der Waals surface area contributed by atoms with Crippen LogP contribution >= 0.6 is 27.5 Å². The quantitative estimate of drug-likeness (QED) is 0.652. The number of hydrogen-bond acceptors (Lipinski definition) is 1. The van der Waals surface area contributed by atoms with Crippen molar-refractivity contribution in [1.29, 1.82) is 0 Å². The Labute approximate surface area is 115 Å². The summed E-state index contributed by atoms with van der Waals surface area (Å²) in [5, 5.41) is 3.36. The summed E-state index contributed by atoms with van der Waals surface area (Å²) in [5.41, 5.74) is 0.565. The lowest BCUT2D eigenvalue weighted by Gasteiger charge is -2.05. The number of amides is 1. The third-order valence-electron chi connectivity index (χ3n) is 2.22. The molecule has 1 aromatic carbocycles. The van der Waals surface area contributed by atoms with Gasteiger partial charge in [-0.1, -0.05) is 11.6 Å². The van der Waals surface area contributed by atoms with Crippen LogP contribution in [0, 0.1) is 12.3 Å². The molecule has 90 valence electrons. The Hall–Kier alpha value is -0.980. The highest BCUT2D eigenvalue weighted by Gasteiger charge is 2.06. The minimum Gasteiger partial charge on any atom is -0.352 e. The van der Waals surface area contributed by atoms with Gasteiger partial charge in [-0.25, -0.2) is 0 Å². The Bertz CT molecular complexity index is 440. The van der Waals surface area contributed by atoms with Crippen molar-refractivity contribution < 1.29 is 4.79 Å². The second-order valence-corrected chi connectivity index (χ2v) is 4.81. The molecule has 2 nitrogen and oxygen atoms in total. The molecule has 0 aliphatic heterocycles. The van der Waals surface area contributed by atoms with E-state index in [0.29, 0.717) is 17.1 Å². The van der Waals surface area contributed by atoms with Crippen molar-refractivity contribution in [2.75, 3.05) is 6.54 Å². The summed E-state index contributed by atoms with van der Waals surface area (Å²) in [6.45, 7) is 0.633. The maximum Gasteiger partial charge on any atom is 0.251 e. The minimum atomic E-state index is -0.111. The molecule has 0 radical (unpaired) electrons. The van der Waals surface area contributed by atoms with Crippen LogP contribution in [-0.2, 0) is 0 Å². The average Bonchev–Trinajstić information content (AvgIpc) is 2.32. The van der Waals surface area contributed by atoms with Crippen LogP contribution in [0.15, 0.2) is 22.7 Å². The summed E-state index contributed by atoms with van der Waals surface area (Å²) in [4.78, 5) is 11.7. The SMILES string of the molecule is C#CCCCCNC(=O)c1ccc(Br)c(Cl)c1. The molecule has 0 unspecified atom stereocenters. The van der Waals surface area contributed by atoms with Crippen molar-refractivity contribution in [2.45, 2.75) is 19.3 Å². The van der Waals surface area contributed by atoms with Crippen molar-refractivity contribution >= 4 is 33.4 Å². The van der Waals surface area contributed by atoms with Gasteiger partial charge >= 0.3 is 0 Å². The van der Waals surface area contributed by atoms with Crippen LogP contribution in [0.25, 0.3) is 0 Å². The van der Waals surface area contributed by atoms with E-state index in [2.05, 4.69) is 27.2 Å². The van der Waals surface area contributed by atoms with Gasteiger partial charge in [0.15, 0.2) is 0 Å². The number of hydrogen-bond donors (Lipinski definition) is 1. The van der Waals surface area contributed by atoms with E-state index in [1.165, 1.54) is 0 Å². The molecule has 0 bridgehead atoms. The lowest BCUT2D eigenvalue weighted by Crippen LogP contribution is -2.24. The molecular formula is C13H13BrClNO. The predicted octanol–water partition coefficient (Wildman–Crippen LogP) is 3.64. The Morgan fingerprint density at radius 1 is 1.47 bits per heavy atom. The Kier molecular flexibility index (Phi) is 6.10. The fraction of sp³-hybridized carbons (Fsp3) is 0.308. The third-order valence-corrected chi connectivity index (χ3v) is 3.45. The summed E-state index contributed by atoms with van der Waals surface area (Å²) in [6, 6.07) is 5.13. The molecule has 0 atom stereocenters. The van der Waals surface area contributed by atoms with Gasteiger partial charge in [-0.15, -0.1) is 12.3 Å². The molecule has 0 spiro atoms. The molecule has 0 aromatic heterocycles. The van der Waals surface area contributed by atoms with E-state index in [4.69, 9.17) is 18.0 Å². The van der Waals surface area contributed by atoms with Crippen molar-refractivity contribution in [1.82, 2.24) is 5.32 Å². The lowest BCUT2D eigenvalue weighted by molar-refractivity contribution is 0.0953. The molecule has 1 rings (SSSR count). The molecule has 17 heavy (non-hydrogen) atoms. The van der Waals surface area contributed by atoms with E-state index < -0.39 is 0 Å². The van der Waals surface area contributed by atoms with E-state index >= 15 is 0 Å². The van der Waals surface area contributed by atoms with E-state index in [1.807, 2.05) is 0 Å². The number of terminal acetylenes is 1. The van der Waals surface area contributed by atoms with Crippen LogP contribution in [0.3, 0.4) is 0 Å². The van der Waals surface area contributed by atoms with E-state index in [0.717, 1.165) is 23.7 Å². The molecule has 0 aliphatic rings. The first-order valence-electron chi connectivity index (χ1n) is 5.32. The van der Waals surface area contributed by atoms with Gasteiger partial charge in [0.1, 0.15) is 0 Å². The Morgan fingerprint density at radius 3 is 2.88 bits per heavy atom. The predicted molar refractivity (Wildman–Crippen MR) is 74.2 cm³/mol. The van der Waals surface area contributed by atoms with E-state index in [-0.39, 0.29) is 5.91 Å². The highest BCUT2D eigenvalue weighted by Crippen LogP contribution is 2.23. The maximum atomic E-state index is 11.7. The molecule has 0 fully saturated rings. The second-order valence-electron chi connectivity index (χ2n) is 3.55. The Balaban J connectivity index is 2.42.